The van der Waals surface area contributed by atoms with Crippen LogP contribution in [0.5, 0.6) is 0 Å². The normalized spacial score (nSPS) is 11.7. The van der Waals surface area contributed by atoms with Gasteiger partial charge in [0.2, 0.25) is 11.8 Å². The van der Waals surface area contributed by atoms with E-state index in [2.05, 4.69) is 30.4 Å². The van der Waals surface area contributed by atoms with Crippen molar-refractivity contribution >= 4 is 23.6 Å². The van der Waals surface area contributed by atoms with Crippen LogP contribution in [0.15, 0.2) is 48.5 Å². The lowest BCUT2D eigenvalue weighted by Gasteiger charge is -2.28. The SMILES string of the molecule is CCNC(=O)[C@@H](C)N(Cc1ccc(C)cc1)C(=O)CSCc1cccc(C)c1. The molecular formula is C23H30N2O2S. The summed E-state index contributed by atoms with van der Waals surface area (Å²) in [6.45, 7) is 8.76. The largest absolute Gasteiger partial charge is 0.355 e. The molecule has 0 spiro atoms. The maximum absolute atomic E-state index is 12.9. The van der Waals surface area contributed by atoms with Crippen LogP contribution in [0.4, 0.5) is 0 Å². The quantitative estimate of drug-likeness (QED) is 0.692. The standard InChI is InChI=1S/C23H30N2O2S/c1-5-24-23(27)19(4)25(14-20-11-9-17(2)10-12-20)22(26)16-28-15-21-8-6-7-18(3)13-21/h6-13,19H,5,14-16H2,1-4H3,(H,24,27)/t19-/m1/s1. The number of hydrogen-bond acceptors (Lipinski definition) is 3. The molecule has 28 heavy (non-hydrogen) atoms. The maximum atomic E-state index is 12.9. The first-order valence-electron chi connectivity index (χ1n) is 9.66. The van der Waals surface area contributed by atoms with Gasteiger partial charge in [-0.2, -0.15) is 0 Å². The summed E-state index contributed by atoms with van der Waals surface area (Å²) in [5.41, 5.74) is 4.63. The van der Waals surface area contributed by atoms with Crippen molar-refractivity contribution in [2.45, 2.75) is 46.0 Å². The number of likely N-dealkylation sites (N-methyl/N-ethyl adjacent to an activating group) is 1. The summed E-state index contributed by atoms with van der Waals surface area (Å²) in [6, 6.07) is 15.9. The van der Waals surface area contributed by atoms with Gasteiger partial charge in [0.05, 0.1) is 5.75 Å². The van der Waals surface area contributed by atoms with Crippen LogP contribution < -0.4 is 5.32 Å². The average molecular weight is 399 g/mol. The summed E-state index contributed by atoms with van der Waals surface area (Å²) >= 11 is 1.58. The zero-order chi connectivity index (χ0) is 20.5. The van der Waals surface area contributed by atoms with Crippen molar-refractivity contribution in [3.05, 3.63) is 70.8 Å². The predicted octanol–water partition coefficient (Wildman–Crippen LogP) is 4.09. The lowest BCUT2D eigenvalue weighted by Crippen LogP contribution is -2.48. The number of carbonyl (C=O) groups is 2. The molecule has 1 atom stereocenters. The fourth-order valence-electron chi connectivity index (χ4n) is 2.94. The van der Waals surface area contributed by atoms with E-state index in [0.29, 0.717) is 18.8 Å². The first kappa shape index (κ1) is 22.0. The monoisotopic (exact) mass is 398 g/mol. The second-order valence-corrected chi connectivity index (χ2v) is 8.05. The number of hydrogen-bond donors (Lipinski definition) is 1. The minimum atomic E-state index is -0.506. The third kappa shape index (κ3) is 6.71. The third-order valence-corrected chi connectivity index (χ3v) is 5.56. The smallest absolute Gasteiger partial charge is 0.242 e. The second-order valence-electron chi connectivity index (χ2n) is 7.06. The van der Waals surface area contributed by atoms with Crippen molar-refractivity contribution in [1.29, 1.82) is 0 Å². The molecule has 2 rings (SSSR count). The van der Waals surface area contributed by atoms with Crippen molar-refractivity contribution in [3.8, 4) is 0 Å². The van der Waals surface area contributed by atoms with Crippen LogP contribution in [0, 0.1) is 13.8 Å². The molecule has 0 fully saturated rings. The van der Waals surface area contributed by atoms with Gasteiger partial charge in [-0.05, 0) is 38.8 Å². The van der Waals surface area contributed by atoms with Crippen molar-refractivity contribution in [2.75, 3.05) is 12.3 Å². The Hall–Kier alpha value is -2.27. The molecule has 0 heterocycles. The van der Waals surface area contributed by atoms with Crippen molar-refractivity contribution < 1.29 is 9.59 Å². The van der Waals surface area contributed by atoms with E-state index in [9.17, 15) is 9.59 Å². The van der Waals surface area contributed by atoms with Crippen LogP contribution in [0.3, 0.4) is 0 Å². The van der Waals surface area contributed by atoms with E-state index < -0.39 is 6.04 Å². The van der Waals surface area contributed by atoms with Crippen LogP contribution in [0.25, 0.3) is 0 Å². The van der Waals surface area contributed by atoms with Gasteiger partial charge in [-0.3, -0.25) is 9.59 Å². The van der Waals surface area contributed by atoms with Crippen molar-refractivity contribution in [2.24, 2.45) is 0 Å². The fraction of sp³-hybridized carbons (Fsp3) is 0.391. The van der Waals surface area contributed by atoms with Gasteiger partial charge in [0.15, 0.2) is 0 Å². The fourth-order valence-corrected chi connectivity index (χ4v) is 3.79. The molecular weight excluding hydrogens is 368 g/mol. The molecule has 0 aromatic heterocycles. The zero-order valence-corrected chi connectivity index (χ0v) is 18.0. The van der Waals surface area contributed by atoms with Crippen LogP contribution in [-0.4, -0.2) is 35.1 Å². The van der Waals surface area contributed by atoms with E-state index in [1.165, 1.54) is 16.7 Å². The molecule has 0 saturated heterocycles. The van der Waals surface area contributed by atoms with Crippen LogP contribution in [0.1, 0.15) is 36.1 Å². The molecule has 4 nitrogen and oxygen atoms in total. The molecule has 5 heteroatoms. The van der Waals surface area contributed by atoms with E-state index in [1.807, 2.05) is 44.2 Å². The number of nitrogens with zero attached hydrogens (tertiary/aromatic N) is 1. The minimum Gasteiger partial charge on any atom is -0.355 e. The highest BCUT2D eigenvalue weighted by molar-refractivity contribution is 7.99. The first-order chi connectivity index (χ1) is 13.4. The van der Waals surface area contributed by atoms with Gasteiger partial charge < -0.3 is 10.2 Å². The number of thioether (sulfide) groups is 1. The Morgan fingerprint density at radius 1 is 1.04 bits per heavy atom. The van der Waals surface area contributed by atoms with E-state index in [-0.39, 0.29) is 11.8 Å². The highest BCUT2D eigenvalue weighted by atomic mass is 32.2. The van der Waals surface area contributed by atoms with Gasteiger partial charge in [0, 0.05) is 18.8 Å². The molecule has 2 aromatic carbocycles. The van der Waals surface area contributed by atoms with E-state index in [4.69, 9.17) is 0 Å². The van der Waals surface area contributed by atoms with E-state index in [0.717, 1.165) is 11.3 Å². The van der Waals surface area contributed by atoms with Gasteiger partial charge in [-0.25, -0.2) is 0 Å². The molecule has 0 radical (unpaired) electrons. The van der Waals surface area contributed by atoms with Gasteiger partial charge in [0.25, 0.3) is 0 Å². The van der Waals surface area contributed by atoms with Gasteiger partial charge in [0.1, 0.15) is 6.04 Å². The van der Waals surface area contributed by atoms with Gasteiger partial charge in [-0.1, -0.05) is 59.7 Å². The lowest BCUT2D eigenvalue weighted by molar-refractivity contribution is -0.138. The molecule has 0 bridgehead atoms. The Bertz CT molecular complexity index is 789. The zero-order valence-electron chi connectivity index (χ0n) is 17.2. The molecule has 0 aliphatic rings. The average Bonchev–Trinajstić information content (AvgIpc) is 2.67. The van der Waals surface area contributed by atoms with Crippen LogP contribution in [0.2, 0.25) is 0 Å². The Labute approximate surface area is 172 Å². The Balaban J connectivity index is 2.04. The number of carbonyl (C=O) groups excluding carboxylic acids is 2. The van der Waals surface area contributed by atoms with E-state index >= 15 is 0 Å². The summed E-state index contributed by atoms with van der Waals surface area (Å²) in [4.78, 5) is 27.0. The topological polar surface area (TPSA) is 49.4 Å². The lowest BCUT2D eigenvalue weighted by atomic mass is 10.1. The number of aryl methyl sites for hydroxylation is 2. The third-order valence-electron chi connectivity index (χ3n) is 4.57. The molecule has 0 aliphatic carbocycles. The molecule has 0 saturated carbocycles. The molecule has 0 unspecified atom stereocenters. The summed E-state index contributed by atoms with van der Waals surface area (Å²) in [6.07, 6.45) is 0. The van der Waals surface area contributed by atoms with Gasteiger partial charge in [-0.15, -0.1) is 11.8 Å². The minimum absolute atomic E-state index is 0.0167. The number of amides is 2. The van der Waals surface area contributed by atoms with Crippen LogP contribution in [-0.2, 0) is 21.9 Å². The number of nitrogens with one attached hydrogen (secondary N) is 1. The Kier molecular flexibility index (Phi) is 8.58. The highest BCUT2D eigenvalue weighted by Gasteiger charge is 2.25. The predicted molar refractivity (Wildman–Crippen MR) is 117 cm³/mol. The molecule has 1 N–H and O–H groups in total. The first-order valence-corrected chi connectivity index (χ1v) is 10.8. The summed E-state index contributed by atoms with van der Waals surface area (Å²) < 4.78 is 0. The van der Waals surface area contributed by atoms with Crippen LogP contribution >= 0.6 is 11.8 Å². The summed E-state index contributed by atoms with van der Waals surface area (Å²) in [7, 11) is 0. The molecule has 2 amide bonds. The van der Waals surface area contributed by atoms with Gasteiger partial charge >= 0.3 is 0 Å². The maximum Gasteiger partial charge on any atom is 0.242 e. The summed E-state index contributed by atoms with van der Waals surface area (Å²) in [5.74, 6) is 0.994. The second kappa shape index (κ2) is 10.9. The Morgan fingerprint density at radius 3 is 2.39 bits per heavy atom. The molecule has 0 aliphatic heterocycles. The molecule has 150 valence electrons. The number of benzene rings is 2. The molecule has 2 aromatic rings. The van der Waals surface area contributed by atoms with Crippen molar-refractivity contribution in [3.63, 3.8) is 0 Å². The number of rotatable bonds is 9. The summed E-state index contributed by atoms with van der Waals surface area (Å²) in [5, 5.41) is 2.82. The van der Waals surface area contributed by atoms with E-state index in [1.54, 1.807) is 23.6 Å². The Morgan fingerprint density at radius 2 is 1.75 bits per heavy atom. The highest BCUT2D eigenvalue weighted by Crippen LogP contribution is 2.17. The van der Waals surface area contributed by atoms with Crippen molar-refractivity contribution in [1.82, 2.24) is 10.2 Å².